The number of nitrogens with one attached hydrogen (secondary N) is 2. The highest BCUT2D eigenvalue weighted by Gasteiger charge is 2.38. The van der Waals surface area contributed by atoms with Crippen molar-refractivity contribution < 1.29 is 14.0 Å². The van der Waals surface area contributed by atoms with E-state index in [1.54, 1.807) is 60.7 Å². The van der Waals surface area contributed by atoms with E-state index in [4.69, 9.17) is 28.5 Å². The lowest BCUT2D eigenvalue weighted by atomic mass is 9.79. The lowest BCUT2D eigenvalue weighted by molar-refractivity contribution is -0.121. The van der Waals surface area contributed by atoms with Gasteiger partial charge in [0.15, 0.2) is 0 Å². The van der Waals surface area contributed by atoms with Crippen molar-refractivity contribution in [3.05, 3.63) is 112 Å². The Morgan fingerprint density at radius 3 is 2.21 bits per heavy atom. The van der Waals surface area contributed by atoms with Crippen molar-refractivity contribution in [2.45, 2.75) is 12.0 Å². The largest absolute Gasteiger partial charge is 0.397 e. The molecule has 3 aromatic rings. The van der Waals surface area contributed by atoms with Crippen LogP contribution in [0.3, 0.4) is 0 Å². The second-order valence-electron chi connectivity index (χ2n) is 7.33. The minimum atomic E-state index is -1.42. The third-order valence-electron chi connectivity index (χ3n) is 5.19. The summed E-state index contributed by atoms with van der Waals surface area (Å²) in [6, 6.07) is 21.1. The van der Waals surface area contributed by atoms with Crippen LogP contribution in [0, 0.1) is 11.2 Å². The first-order valence-electron chi connectivity index (χ1n) is 9.96. The molecule has 1 unspecified atom stereocenters. The van der Waals surface area contributed by atoms with Crippen molar-refractivity contribution in [2.24, 2.45) is 11.5 Å². The highest BCUT2D eigenvalue weighted by Crippen LogP contribution is 2.35. The minimum Gasteiger partial charge on any atom is -0.397 e. The Balaban J connectivity index is 2.20. The van der Waals surface area contributed by atoms with E-state index in [1.807, 2.05) is 0 Å². The van der Waals surface area contributed by atoms with Crippen molar-refractivity contribution in [3.8, 4) is 0 Å². The molecule has 0 fully saturated rings. The Kier molecular flexibility index (Phi) is 7.25. The van der Waals surface area contributed by atoms with Gasteiger partial charge in [0.2, 0.25) is 5.91 Å². The van der Waals surface area contributed by atoms with E-state index in [9.17, 15) is 14.0 Å². The molecule has 3 rings (SSSR count). The lowest BCUT2D eigenvalue weighted by Crippen LogP contribution is -2.50. The van der Waals surface area contributed by atoms with E-state index in [0.717, 1.165) is 6.21 Å². The maximum absolute atomic E-state index is 14.3. The van der Waals surface area contributed by atoms with Crippen molar-refractivity contribution >= 4 is 35.3 Å². The maximum Gasteiger partial charge on any atom is 0.255 e. The summed E-state index contributed by atoms with van der Waals surface area (Å²) in [5.41, 5.74) is 10.8. The van der Waals surface area contributed by atoms with Gasteiger partial charge in [-0.15, -0.1) is 0 Å². The van der Waals surface area contributed by atoms with Crippen LogP contribution in [0.15, 0.2) is 84.4 Å². The summed E-state index contributed by atoms with van der Waals surface area (Å²) in [4.78, 5) is 25.6. The highest BCUT2D eigenvalue weighted by molar-refractivity contribution is 6.30. The fourth-order valence-corrected chi connectivity index (χ4v) is 3.84. The van der Waals surface area contributed by atoms with Gasteiger partial charge in [0.1, 0.15) is 5.82 Å². The van der Waals surface area contributed by atoms with Gasteiger partial charge in [0.25, 0.3) is 5.91 Å². The third-order valence-corrected chi connectivity index (χ3v) is 5.43. The molecule has 168 valence electrons. The molecule has 0 aliphatic heterocycles. The zero-order valence-electron chi connectivity index (χ0n) is 17.5. The van der Waals surface area contributed by atoms with Crippen molar-refractivity contribution in [3.63, 3.8) is 0 Å². The molecule has 0 bridgehead atoms. The molecule has 0 aliphatic carbocycles. The Morgan fingerprint density at radius 2 is 1.61 bits per heavy atom. The molecule has 8 heteroatoms. The zero-order chi connectivity index (χ0) is 24.0. The number of nitrogens with two attached hydrogens (primary N) is 2. The van der Waals surface area contributed by atoms with Gasteiger partial charge in [0.05, 0.1) is 23.2 Å². The smallest absolute Gasteiger partial charge is 0.255 e. The van der Waals surface area contributed by atoms with E-state index >= 15 is 0 Å². The molecule has 6 nitrogen and oxygen atoms in total. The predicted molar refractivity (Wildman–Crippen MR) is 127 cm³/mol. The summed E-state index contributed by atoms with van der Waals surface area (Å²) >= 11 is 6.21. The Morgan fingerprint density at radius 1 is 0.970 bits per heavy atom. The molecule has 0 spiro atoms. The summed E-state index contributed by atoms with van der Waals surface area (Å²) in [6.45, 7) is 0. The molecule has 0 aromatic heterocycles. The minimum absolute atomic E-state index is 0.0193. The third kappa shape index (κ3) is 5.10. The zero-order valence-corrected chi connectivity index (χ0v) is 18.3. The molecule has 3 aromatic carbocycles. The molecule has 0 saturated carbocycles. The first-order valence-corrected chi connectivity index (χ1v) is 10.3. The van der Waals surface area contributed by atoms with Crippen LogP contribution in [0.4, 0.5) is 4.39 Å². The molecule has 1 atom stereocenters. The summed E-state index contributed by atoms with van der Waals surface area (Å²) in [7, 11) is 0. The van der Waals surface area contributed by atoms with Crippen LogP contribution >= 0.6 is 11.6 Å². The van der Waals surface area contributed by atoms with Gasteiger partial charge in [-0.1, -0.05) is 66.2 Å². The molecular formula is C25H22ClFN4O2. The van der Waals surface area contributed by atoms with Gasteiger partial charge in [-0.05, 0) is 35.4 Å². The van der Waals surface area contributed by atoms with Gasteiger partial charge in [-0.2, -0.15) is 0 Å². The Bertz CT molecular complexity index is 1230. The quantitative estimate of drug-likeness (QED) is 0.300. The second kappa shape index (κ2) is 10.1. The van der Waals surface area contributed by atoms with Crippen LogP contribution in [0.5, 0.6) is 0 Å². The Hall–Kier alpha value is -3.97. The molecule has 6 N–H and O–H groups in total. The standard InChI is InChI=1S/C25H22ClFN4O2/c26-18-10-6-9-17(13-18)25(14-22(29)32,16-7-2-1-3-8-16)31-24(33)20(15-28)23(30)19-11-4-5-12-21(19)27/h1-13,15,28H,14,30H2,(H2,29,32)(H,31,33)/b23-20+,28-15?. The van der Waals surface area contributed by atoms with Gasteiger partial charge in [-0.25, -0.2) is 4.39 Å². The van der Waals surface area contributed by atoms with Crippen LogP contribution in [0.25, 0.3) is 5.70 Å². The number of hydrogen-bond acceptors (Lipinski definition) is 4. The summed E-state index contributed by atoms with van der Waals surface area (Å²) in [6.07, 6.45) is 0.447. The molecule has 2 amide bonds. The van der Waals surface area contributed by atoms with Crippen molar-refractivity contribution in [1.29, 1.82) is 5.41 Å². The van der Waals surface area contributed by atoms with Crippen LogP contribution in [-0.4, -0.2) is 18.0 Å². The topological polar surface area (TPSA) is 122 Å². The maximum atomic E-state index is 14.3. The second-order valence-corrected chi connectivity index (χ2v) is 7.77. The molecule has 0 heterocycles. The molecule has 33 heavy (non-hydrogen) atoms. The fraction of sp³-hybridized carbons (Fsp3) is 0.0800. The molecule has 0 aliphatic rings. The Labute approximate surface area is 195 Å². The van der Waals surface area contributed by atoms with E-state index < -0.39 is 23.2 Å². The van der Waals surface area contributed by atoms with Crippen LogP contribution in [0.1, 0.15) is 23.1 Å². The number of carbonyl (C=O) groups is 2. The van der Waals surface area contributed by atoms with E-state index in [-0.39, 0.29) is 23.3 Å². The van der Waals surface area contributed by atoms with Crippen LogP contribution in [0.2, 0.25) is 5.02 Å². The fourth-order valence-electron chi connectivity index (χ4n) is 3.65. The van der Waals surface area contributed by atoms with Crippen LogP contribution < -0.4 is 16.8 Å². The lowest BCUT2D eigenvalue weighted by Gasteiger charge is -2.35. The SMILES string of the molecule is N=C/C(C(=O)NC(CC(N)=O)(c1ccccc1)c1cccc(Cl)c1)=C(\N)c1ccccc1F. The monoisotopic (exact) mass is 464 g/mol. The van der Waals surface area contributed by atoms with E-state index in [2.05, 4.69) is 5.32 Å². The van der Waals surface area contributed by atoms with Crippen molar-refractivity contribution in [2.75, 3.05) is 0 Å². The summed E-state index contributed by atoms with van der Waals surface area (Å²) in [5.74, 6) is -2.10. The molecule has 0 radical (unpaired) electrons. The number of amides is 2. The number of halogens is 2. The summed E-state index contributed by atoms with van der Waals surface area (Å²) < 4.78 is 14.3. The van der Waals surface area contributed by atoms with Gasteiger partial charge < -0.3 is 22.2 Å². The first-order chi connectivity index (χ1) is 15.8. The van der Waals surface area contributed by atoms with E-state index in [0.29, 0.717) is 16.1 Å². The summed E-state index contributed by atoms with van der Waals surface area (Å²) in [5, 5.41) is 11.0. The predicted octanol–water partition coefficient (Wildman–Crippen LogP) is 3.73. The number of primary amides is 1. The average molecular weight is 465 g/mol. The molecular weight excluding hydrogens is 443 g/mol. The molecule has 0 saturated heterocycles. The first kappa shape index (κ1) is 23.7. The van der Waals surface area contributed by atoms with Crippen LogP contribution in [-0.2, 0) is 15.1 Å². The van der Waals surface area contributed by atoms with E-state index in [1.165, 1.54) is 18.2 Å². The number of hydrogen-bond donors (Lipinski definition) is 4. The average Bonchev–Trinajstić information content (AvgIpc) is 2.79. The number of carbonyl (C=O) groups excluding carboxylic acids is 2. The van der Waals surface area contributed by atoms with Gasteiger partial charge >= 0.3 is 0 Å². The normalized spacial score (nSPS) is 13.4. The van der Waals surface area contributed by atoms with Crippen molar-refractivity contribution in [1.82, 2.24) is 5.32 Å². The van der Waals surface area contributed by atoms with Gasteiger partial charge in [-0.3, -0.25) is 9.59 Å². The highest BCUT2D eigenvalue weighted by atomic mass is 35.5. The number of rotatable bonds is 8. The number of benzene rings is 3. The van der Waals surface area contributed by atoms with Gasteiger partial charge in [0, 0.05) is 16.8 Å².